The molecule has 0 aliphatic heterocycles. The number of carbonyl (C=O) groups excluding carboxylic acids is 2. The number of benzene rings is 1. The summed E-state index contributed by atoms with van der Waals surface area (Å²) in [5.41, 5.74) is 0.585. The Hall–Kier alpha value is -2.43. The van der Waals surface area contributed by atoms with Gasteiger partial charge in [0.25, 0.3) is 0 Å². The zero-order valence-electron chi connectivity index (χ0n) is 15.1. The predicted octanol–water partition coefficient (Wildman–Crippen LogP) is 4.07. The van der Waals surface area contributed by atoms with E-state index < -0.39 is 42.7 Å². The maximum absolute atomic E-state index is 13.3. The van der Waals surface area contributed by atoms with E-state index in [1.807, 2.05) is 0 Å². The molecule has 2 rings (SSSR count). The summed E-state index contributed by atoms with van der Waals surface area (Å²) in [6.07, 6.45) is -5.26. The number of hydrogen-bond acceptors (Lipinski definition) is 5. The van der Waals surface area contributed by atoms with E-state index in [-0.39, 0.29) is 6.42 Å². The third-order valence-electron chi connectivity index (χ3n) is 3.65. The number of nitrogens with one attached hydrogen (secondary N) is 2. The van der Waals surface area contributed by atoms with Gasteiger partial charge in [0, 0.05) is 0 Å². The number of amides is 2. The Morgan fingerprint density at radius 1 is 1.29 bits per heavy atom. The Labute approximate surface area is 162 Å². The van der Waals surface area contributed by atoms with Crippen LogP contribution in [0.1, 0.15) is 37.7 Å². The SMILES string of the molecule is CCC[C@H](NC(=O)OCC(F)(F)F)C(=O)N[C@H](C)c1nc2ccc(F)cc2s1. The summed E-state index contributed by atoms with van der Waals surface area (Å²) >= 11 is 1.21. The second-order valence-electron chi connectivity index (χ2n) is 6.07. The van der Waals surface area contributed by atoms with E-state index in [1.165, 1.54) is 29.5 Å². The van der Waals surface area contributed by atoms with Gasteiger partial charge >= 0.3 is 12.3 Å². The van der Waals surface area contributed by atoms with Crippen molar-refractivity contribution in [2.24, 2.45) is 0 Å². The fourth-order valence-corrected chi connectivity index (χ4v) is 3.36. The van der Waals surface area contributed by atoms with Gasteiger partial charge in [-0.2, -0.15) is 13.2 Å². The fourth-order valence-electron chi connectivity index (χ4n) is 2.37. The Morgan fingerprint density at radius 3 is 2.64 bits per heavy atom. The number of rotatable bonds is 7. The molecule has 0 aliphatic rings. The van der Waals surface area contributed by atoms with Crippen molar-refractivity contribution in [1.82, 2.24) is 15.6 Å². The second kappa shape index (κ2) is 9.18. The van der Waals surface area contributed by atoms with Crippen LogP contribution in [-0.4, -0.2) is 35.8 Å². The Balaban J connectivity index is 2.00. The van der Waals surface area contributed by atoms with Crippen LogP contribution in [0, 0.1) is 5.82 Å². The van der Waals surface area contributed by atoms with Gasteiger partial charge in [0.1, 0.15) is 16.9 Å². The minimum absolute atomic E-state index is 0.213. The van der Waals surface area contributed by atoms with E-state index in [4.69, 9.17) is 0 Å². The molecule has 2 atom stereocenters. The molecule has 154 valence electrons. The molecule has 2 N–H and O–H groups in total. The largest absolute Gasteiger partial charge is 0.440 e. The molecule has 6 nitrogen and oxygen atoms in total. The first-order chi connectivity index (χ1) is 13.1. The number of halogens is 4. The van der Waals surface area contributed by atoms with Crippen molar-refractivity contribution in [2.45, 2.75) is 44.9 Å². The molecule has 0 saturated heterocycles. The predicted molar refractivity (Wildman–Crippen MR) is 95.4 cm³/mol. The number of ether oxygens (including phenoxy) is 1. The summed E-state index contributed by atoms with van der Waals surface area (Å²) in [7, 11) is 0. The molecule has 0 unspecified atom stereocenters. The molecule has 28 heavy (non-hydrogen) atoms. The highest BCUT2D eigenvalue weighted by molar-refractivity contribution is 7.18. The van der Waals surface area contributed by atoms with Crippen molar-refractivity contribution in [3.63, 3.8) is 0 Å². The third-order valence-corrected chi connectivity index (χ3v) is 4.85. The lowest BCUT2D eigenvalue weighted by Gasteiger charge is -2.20. The molecular formula is C17H19F4N3O3S. The average molecular weight is 421 g/mol. The number of hydrogen-bond donors (Lipinski definition) is 2. The highest BCUT2D eigenvalue weighted by atomic mass is 32.1. The summed E-state index contributed by atoms with van der Waals surface area (Å²) in [5.74, 6) is -0.979. The van der Waals surface area contributed by atoms with Gasteiger partial charge in [0.15, 0.2) is 6.61 Å². The molecule has 1 aromatic heterocycles. The van der Waals surface area contributed by atoms with Crippen LogP contribution in [0.25, 0.3) is 10.2 Å². The minimum Gasteiger partial charge on any atom is -0.440 e. The van der Waals surface area contributed by atoms with Crippen molar-refractivity contribution in [2.75, 3.05) is 6.61 Å². The van der Waals surface area contributed by atoms with E-state index in [1.54, 1.807) is 13.8 Å². The first kappa shape index (κ1) is 21.9. The van der Waals surface area contributed by atoms with Crippen LogP contribution in [0.5, 0.6) is 0 Å². The lowest BCUT2D eigenvalue weighted by atomic mass is 10.1. The third kappa shape index (κ3) is 6.32. The van der Waals surface area contributed by atoms with E-state index in [0.29, 0.717) is 21.6 Å². The number of carbonyl (C=O) groups is 2. The van der Waals surface area contributed by atoms with Crippen molar-refractivity contribution >= 4 is 33.6 Å². The van der Waals surface area contributed by atoms with Gasteiger partial charge in [-0.1, -0.05) is 13.3 Å². The standard InChI is InChI=1S/C17H19F4N3O3S/c1-3-4-12(24-16(26)27-8-17(19,20)21)14(25)22-9(2)15-23-11-6-5-10(18)7-13(11)28-15/h5-7,9,12H,3-4,8H2,1-2H3,(H,22,25)(H,24,26)/t9-,12+/m1/s1. The molecule has 0 saturated carbocycles. The molecule has 2 aromatic rings. The van der Waals surface area contributed by atoms with E-state index in [0.717, 1.165) is 0 Å². The summed E-state index contributed by atoms with van der Waals surface area (Å²) in [5, 5.41) is 5.33. The van der Waals surface area contributed by atoms with Crippen molar-refractivity contribution < 1.29 is 31.9 Å². The van der Waals surface area contributed by atoms with Gasteiger partial charge < -0.3 is 15.4 Å². The maximum atomic E-state index is 13.3. The summed E-state index contributed by atoms with van der Waals surface area (Å²) in [6, 6.07) is 2.55. The van der Waals surface area contributed by atoms with Crippen LogP contribution < -0.4 is 10.6 Å². The lowest BCUT2D eigenvalue weighted by molar-refractivity contribution is -0.160. The van der Waals surface area contributed by atoms with Gasteiger partial charge in [-0.15, -0.1) is 11.3 Å². The van der Waals surface area contributed by atoms with E-state index in [9.17, 15) is 27.2 Å². The van der Waals surface area contributed by atoms with Crippen LogP contribution >= 0.6 is 11.3 Å². The van der Waals surface area contributed by atoms with Gasteiger partial charge in [0.2, 0.25) is 5.91 Å². The fraction of sp³-hybridized carbons (Fsp3) is 0.471. The Bertz CT molecular complexity index is 841. The van der Waals surface area contributed by atoms with Crippen LogP contribution in [0.3, 0.4) is 0 Å². The monoisotopic (exact) mass is 421 g/mol. The van der Waals surface area contributed by atoms with Crippen LogP contribution in [0.15, 0.2) is 18.2 Å². The van der Waals surface area contributed by atoms with Gasteiger partial charge in [-0.3, -0.25) is 4.79 Å². The maximum Gasteiger partial charge on any atom is 0.422 e. The van der Waals surface area contributed by atoms with Crippen LogP contribution in [0.4, 0.5) is 22.4 Å². The van der Waals surface area contributed by atoms with Crippen molar-refractivity contribution in [3.8, 4) is 0 Å². The molecule has 0 radical (unpaired) electrons. The zero-order chi connectivity index (χ0) is 20.9. The Kier molecular flexibility index (Phi) is 7.17. The smallest absolute Gasteiger partial charge is 0.422 e. The highest BCUT2D eigenvalue weighted by Crippen LogP contribution is 2.27. The zero-order valence-corrected chi connectivity index (χ0v) is 15.9. The molecule has 0 bridgehead atoms. The number of alkyl halides is 3. The topological polar surface area (TPSA) is 80.3 Å². The number of fused-ring (bicyclic) bond motifs is 1. The number of alkyl carbamates (subject to hydrolysis) is 1. The lowest BCUT2D eigenvalue weighted by Crippen LogP contribution is -2.47. The van der Waals surface area contributed by atoms with Gasteiger partial charge in [0.05, 0.1) is 16.3 Å². The van der Waals surface area contributed by atoms with Gasteiger partial charge in [-0.05, 0) is 31.5 Å². The molecule has 1 aromatic carbocycles. The first-order valence-corrected chi connectivity index (χ1v) is 9.27. The van der Waals surface area contributed by atoms with Gasteiger partial charge in [-0.25, -0.2) is 14.2 Å². The molecule has 0 spiro atoms. The quantitative estimate of drug-likeness (QED) is 0.661. The highest BCUT2D eigenvalue weighted by Gasteiger charge is 2.31. The van der Waals surface area contributed by atoms with Crippen molar-refractivity contribution in [1.29, 1.82) is 0 Å². The number of nitrogens with zero attached hydrogens (tertiary/aromatic N) is 1. The molecule has 11 heteroatoms. The molecule has 1 heterocycles. The Morgan fingerprint density at radius 2 is 2.00 bits per heavy atom. The van der Waals surface area contributed by atoms with E-state index in [2.05, 4.69) is 20.4 Å². The molecular weight excluding hydrogens is 402 g/mol. The molecule has 0 aliphatic carbocycles. The molecule has 2 amide bonds. The molecule has 0 fully saturated rings. The number of aromatic nitrogens is 1. The first-order valence-electron chi connectivity index (χ1n) is 8.45. The van der Waals surface area contributed by atoms with Crippen LogP contribution in [0.2, 0.25) is 0 Å². The average Bonchev–Trinajstić information content (AvgIpc) is 3.02. The van der Waals surface area contributed by atoms with Crippen molar-refractivity contribution in [3.05, 3.63) is 29.0 Å². The van der Waals surface area contributed by atoms with Crippen LogP contribution in [-0.2, 0) is 9.53 Å². The minimum atomic E-state index is -4.65. The summed E-state index contributed by atoms with van der Waals surface area (Å²) in [4.78, 5) is 28.3. The second-order valence-corrected chi connectivity index (χ2v) is 7.13. The number of thiazole rings is 1. The normalized spacial score (nSPS) is 13.8. The summed E-state index contributed by atoms with van der Waals surface area (Å²) < 4.78 is 54.3. The van der Waals surface area contributed by atoms with E-state index >= 15 is 0 Å². The summed E-state index contributed by atoms with van der Waals surface area (Å²) in [6.45, 7) is 1.68.